The Labute approximate surface area is 115 Å². The summed E-state index contributed by atoms with van der Waals surface area (Å²) in [4.78, 5) is 0. The maximum Gasteiger partial charge on any atom is 0.113 e. The minimum Gasteiger partial charge on any atom is -0.314 e. The van der Waals surface area contributed by atoms with Crippen LogP contribution in [0.2, 0.25) is 0 Å². The molecule has 0 aliphatic carbocycles. The first-order valence-corrected chi connectivity index (χ1v) is 6.76. The summed E-state index contributed by atoms with van der Waals surface area (Å²) < 4.78 is 1.88. The lowest BCUT2D eigenvalue weighted by atomic mass is 10.2. The lowest BCUT2D eigenvalue weighted by molar-refractivity contribution is 0.505. The lowest BCUT2D eigenvalue weighted by Crippen LogP contribution is -2.24. The molecule has 1 heterocycles. The molecule has 0 spiro atoms. The van der Waals surface area contributed by atoms with Gasteiger partial charge in [-0.3, -0.25) is 4.68 Å². The van der Waals surface area contributed by atoms with Gasteiger partial charge in [0.05, 0.1) is 6.20 Å². The van der Waals surface area contributed by atoms with Crippen LogP contribution in [0.5, 0.6) is 0 Å². The van der Waals surface area contributed by atoms with Crippen molar-refractivity contribution in [1.82, 2.24) is 20.3 Å². The van der Waals surface area contributed by atoms with Crippen molar-refractivity contribution in [2.75, 3.05) is 6.54 Å². The van der Waals surface area contributed by atoms with E-state index in [4.69, 9.17) is 0 Å². The molecular formula is C15H24N4. The van der Waals surface area contributed by atoms with Crippen LogP contribution in [0, 0.1) is 0 Å². The normalized spacial score (nSPS) is 12.5. The second kappa shape index (κ2) is 8.43. The van der Waals surface area contributed by atoms with Crippen LogP contribution >= 0.6 is 0 Å². The Kier molecular flexibility index (Phi) is 6.82. The van der Waals surface area contributed by atoms with Gasteiger partial charge in [0.2, 0.25) is 0 Å². The zero-order valence-corrected chi connectivity index (χ0v) is 12.1. The number of allylic oxidation sites excluding steroid dienone is 5. The molecule has 0 bridgehead atoms. The van der Waals surface area contributed by atoms with Crippen LogP contribution in [0.15, 0.2) is 37.1 Å². The molecule has 1 aromatic heterocycles. The van der Waals surface area contributed by atoms with Crippen molar-refractivity contribution in [3.63, 3.8) is 0 Å². The molecule has 0 amide bonds. The largest absolute Gasteiger partial charge is 0.314 e. The van der Waals surface area contributed by atoms with E-state index in [1.54, 1.807) is 6.08 Å². The summed E-state index contributed by atoms with van der Waals surface area (Å²) in [6, 6.07) is 0.530. The summed E-state index contributed by atoms with van der Waals surface area (Å²) in [5.74, 6) is 0. The monoisotopic (exact) mass is 260 g/mol. The van der Waals surface area contributed by atoms with E-state index in [1.165, 1.54) is 0 Å². The average Bonchev–Trinajstić information content (AvgIpc) is 2.84. The van der Waals surface area contributed by atoms with Crippen LogP contribution in [0.1, 0.15) is 32.9 Å². The first kappa shape index (κ1) is 15.4. The standard InChI is InChI=1S/C15H24N4/c1-5-7-9-14(6-2)15-12-19(18-17-15)11-8-10-16-13(3)4/h5-7,9,12-13,16H,2,8,10-11H2,1,3-4H3/b7-5-,14-9+. The fourth-order valence-corrected chi connectivity index (χ4v) is 1.63. The molecule has 0 saturated heterocycles. The van der Waals surface area contributed by atoms with Crippen LogP contribution in [-0.4, -0.2) is 27.6 Å². The van der Waals surface area contributed by atoms with E-state index in [9.17, 15) is 0 Å². The number of aryl methyl sites for hydroxylation is 1. The Bertz CT molecular complexity index is 441. The molecule has 1 rings (SSSR count). The van der Waals surface area contributed by atoms with Crippen molar-refractivity contribution >= 4 is 5.57 Å². The van der Waals surface area contributed by atoms with Gasteiger partial charge in [0, 0.05) is 18.2 Å². The molecule has 0 unspecified atom stereocenters. The van der Waals surface area contributed by atoms with E-state index in [0.29, 0.717) is 6.04 Å². The Hall–Kier alpha value is -1.68. The van der Waals surface area contributed by atoms with Crippen LogP contribution < -0.4 is 5.32 Å². The van der Waals surface area contributed by atoms with Crippen molar-refractivity contribution in [3.8, 4) is 0 Å². The van der Waals surface area contributed by atoms with Crippen molar-refractivity contribution < 1.29 is 0 Å². The Morgan fingerprint density at radius 2 is 2.32 bits per heavy atom. The maximum absolute atomic E-state index is 4.17. The molecule has 0 atom stereocenters. The molecule has 4 heteroatoms. The lowest BCUT2D eigenvalue weighted by Gasteiger charge is -2.06. The molecule has 104 valence electrons. The third kappa shape index (κ3) is 5.66. The average molecular weight is 260 g/mol. The van der Waals surface area contributed by atoms with E-state index >= 15 is 0 Å². The van der Waals surface area contributed by atoms with Crippen molar-refractivity contribution in [2.24, 2.45) is 0 Å². The highest BCUT2D eigenvalue weighted by atomic mass is 15.4. The molecule has 0 aliphatic heterocycles. The van der Waals surface area contributed by atoms with E-state index in [1.807, 2.05) is 36.0 Å². The van der Waals surface area contributed by atoms with Crippen LogP contribution in [0.4, 0.5) is 0 Å². The highest BCUT2D eigenvalue weighted by Gasteiger charge is 2.03. The van der Waals surface area contributed by atoms with Gasteiger partial charge in [0.25, 0.3) is 0 Å². The van der Waals surface area contributed by atoms with Crippen LogP contribution in [0.25, 0.3) is 5.57 Å². The molecule has 19 heavy (non-hydrogen) atoms. The van der Waals surface area contributed by atoms with Gasteiger partial charge in [-0.25, -0.2) is 0 Å². The minimum absolute atomic E-state index is 0.530. The maximum atomic E-state index is 4.17. The van der Waals surface area contributed by atoms with Gasteiger partial charge in [-0.05, 0) is 19.9 Å². The zero-order valence-electron chi connectivity index (χ0n) is 12.1. The third-order valence-corrected chi connectivity index (χ3v) is 2.64. The predicted octanol–water partition coefficient (Wildman–Crippen LogP) is 2.81. The van der Waals surface area contributed by atoms with Gasteiger partial charge >= 0.3 is 0 Å². The van der Waals surface area contributed by atoms with Gasteiger partial charge < -0.3 is 5.32 Å². The number of hydrogen-bond donors (Lipinski definition) is 1. The summed E-state index contributed by atoms with van der Waals surface area (Å²) in [7, 11) is 0. The molecule has 0 aromatic carbocycles. The second-order valence-electron chi connectivity index (χ2n) is 4.68. The minimum atomic E-state index is 0.530. The van der Waals surface area contributed by atoms with Gasteiger partial charge in [-0.2, -0.15) is 0 Å². The van der Waals surface area contributed by atoms with Gasteiger partial charge in [-0.1, -0.05) is 49.9 Å². The summed E-state index contributed by atoms with van der Waals surface area (Å²) in [6.07, 6.45) is 10.7. The molecule has 1 N–H and O–H groups in total. The smallest absolute Gasteiger partial charge is 0.113 e. The van der Waals surface area contributed by atoms with Crippen LogP contribution in [0.3, 0.4) is 0 Å². The number of nitrogens with zero attached hydrogens (tertiary/aromatic N) is 3. The topological polar surface area (TPSA) is 42.7 Å². The van der Waals surface area contributed by atoms with E-state index in [0.717, 1.165) is 30.8 Å². The quantitative estimate of drug-likeness (QED) is 0.577. The summed E-state index contributed by atoms with van der Waals surface area (Å²) in [5, 5.41) is 11.7. The third-order valence-electron chi connectivity index (χ3n) is 2.64. The SMILES string of the molecule is C=C/C(=C\C=C/C)c1cn(CCCNC(C)C)nn1. The fourth-order valence-electron chi connectivity index (χ4n) is 1.63. The summed E-state index contributed by atoms with van der Waals surface area (Å²) in [6.45, 7) is 12.0. The molecule has 0 saturated carbocycles. The summed E-state index contributed by atoms with van der Waals surface area (Å²) in [5.41, 5.74) is 1.86. The fraction of sp³-hybridized carbons (Fsp3) is 0.467. The zero-order chi connectivity index (χ0) is 14.1. The number of rotatable bonds is 8. The van der Waals surface area contributed by atoms with Crippen molar-refractivity contribution in [3.05, 3.63) is 42.8 Å². The van der Waals surface area contributed by atoms with E-state index in [-0.39, 0.29) is 0 Å². The van der Waals surface area contributed by atoms with E-state index in [2.05, 4.69) is 36.1 Å². The molecule has 0 radical (unpaired) electrons. The molecule has 0 aliphatic rings. The van der Waals surface area contributed by atoms with Gasteiger partial charge in [0.1, 0.15) is 5.69 Å². The molecule has 1 aromatic rings. The van der Waals surface area contributed by atoms with Crippen LogP contribution in [-0.2, 0) is 6.54 Å². The Morgan fingerprint density at radius 1 is 1.53 bits per heavy atom. The van der Waals surface area contributed by atoms with Crippen molar-refractivity contribution in [1.29, 1.82) is 0 Å². The highest BCUT2D eigenvalue weighted by molar-refractivity contribution is 5.71. The van der Waals surface area contributed by atoms with Gasteiger partial charge in [0.15, 0.2) is 0 Å². The Morgan fingerprint density at radius 3 is 2.95 bits per heavy atom. The first-order valence-electron chi connectivity index (χ1n) is 6.76. The highest BCUT2D eigenvalue weighted by Crippen LogP contribution is 2.12. The summed E-state index contributed by atoms with van der Waals surface area (Å²) >= 11 is 0. The van der Waals surface area contributed by atoms with E-state index < -0.39 is 0 Å². The first-order chi connectivity index (χ1) is 9.17. The number of nitrogens with one attached hydrogen (secondary N) is 1. The number of aromatic nitrogens is 3. The molecule has 0 fully saturated rings. The molecule has 4 nitrogen and oxygen atoms in total. The Balaban J connectivity index is 2.54. The second-order valence-corrected chi connectivity index (χ2v) is 4.68. The predicted molar refractivity (Wildman–Crippen MR) is 80.8 cm³/mol. The van der Waals surface area contributed by atoms with Crippen molar-refractivity contribution in [2.45, 2.75) is 39.8 Å². The number of hydrogen-bond acceptors (Lipinski definition) is 3. The van der Waals surface area contributed by atoms with Gasteiger partial charge in [-0.15, -0.1) is 5.10 Å². The molecular weight excluding hydrogens is 236 g/mol.